The summed E-state index contributed by atoms with van der Waals surface area (Å²) >= 11 is 6.45. The lowest BCUT2D eigenvalue weighted by Crippen LogP contribution is -2.38. The average Bonchev–Trinajstić information content (AvgIpc) is 2.36. The molecular weight excluding hydrogens is 282 g/mol. The highest BCUT2D eigenvalue weighted by molar-refractivity contribution is 6.33. The predicted octanol–water partition coefficient (Wildman–Crippen LogP) is 4.25. The molecule has 2 rings (SSSR count). The number of nitrogens with zero attached hydrogens (tertiary/aromatic N) is 2. The molecule has 0 radical (unpaired) electrons. The number of aromatic nitrogens is 1. The van der Waals surface area contributed by atoms with Crippen LogP contribution in [0.1, 0.15) is 53.0 Å². The topological polar surface area (TPSA) is 28.2 Å². The zero-order valence-electron chi connectivity index (χ0n) is 14.0. The van der Waals surface area contributed by atoms with Crippen molar-refractivity contribution in [3.8, 4) is 0 Å². The van der Waals surface area contributed by atoms with Crippen LogP contribution in [-0.4, -0.2) is 23.6 Å². The van der Waals surface area contributed by atoms with Crippen molar-refractivity contribution in [2.45, 2.75) is 59.5 Å². The van der Waals surface area contributed by atoms with Gasteiger partial charge in [-0.25, -0.2) is 4.98 Å². The highest BCUT2D eigenvalue weighted by Gasteiger charge is 2.26. The number of nitrogens with one attached hydrogen (secondary N) is 1. The van der Waals surface area contributed by atoms with Gasteiger partial charge in [0.25, 0.3) is 0 Å². The van der Waals surface area contributed by atoms with Crippen LogP contribution in [0.5, 0.6) is 0 Å². The maximum absolute atomic E-state index is 6.45. The first-order valence-electron chi connectivity index (χ1n) is 7.81. The van der Waals surface area contributed by atoms with Crippen LogP contribution >= 0.6 is 11.6 Å². The van der Waals surface area contributed by atoms with E-state index in [1.54, 1.807) is 0 Å². The van der Waals surface area contributed by atoms with Gasteiger partial charge < -0.3 is 10.2 Å². The van der Waals surface area contributed by atoms with Gasteiger partial charge in [-0.05, 0) is 50.7 Å². The smallest absolute Gasteiger partial charge is 0.147 e. The molecule has 0 aliphatic carbocycles. The van der Waals surface area contributed by atoms with Crippen LogP contribution < -0.4 is 10.2 Å². The second kappa shape index (κ2) is 6.13. The maximum atomic E-state index is 6.45. The second-order valence-corrected chi connectivity index (χ2v) is 8.31. The Balaban J connectivity index is 2.03. The lowest BCUT2D eigenvalue weighted by atomic mass is 9.83. The van der Waals surface area contributed by atoms with E-state index in [1.807, 2.05) is 12.3 Å². The third kappa shape index (κ3) is 4.86. The van der Waals surface area contributed by atoms with Gasteiger partial charge in [0.15, 0.2) is 0 Å². The van der Waals surface area contributed by atoms with Crippen molar-refractivity contribution in [1.29, 1.82) is 0 Å². The number of anilines is 1. The quantitative estimate of drug-likeness (QED) is 0.904. The number of halogens is 1. The summed E-state index contributed by atoms with van der Waals surface area (Å²) in [5, 5.41) is 4.23. The molecule has 0 unspecified atom stereocenters. The Labute approximate surface area is 134 Å². The summed E-state index contributed by atoms with van der Waals surface area (Å²) in [6.45, 7) is 14.0. The van der Waals surface area contributed by atoms with Gasteiger partial charge >= 0.3 is 0 Å². The molecule has 1 aliphatic rings. The van der Waals surface area contributed by atoms with E-state index < -0.39 is 0 Å². The Bertz CT molecular complexity index is 481. The van der Waals surface area contributed by atoms with Crippen molar-refractivity contribution in [3.63, 3.8) is 0 Å². The van der Waals surface area contributed by atoms with E-state index in [4.69, 9.17) is 11.6 Å². The first kappa shape index (κ1) is 16.6. The first-order valence-corrected chi connectivity index (χ1v) is 8.19. The summed E-state index contributed by atoms with van der Waals surface area (Å²) in [4.78, 5) is 6.92. The van der Waals surface area contributed by atoms with Gasteiger partial charge in [0, 0.05) is 31.4 Å². The second-order valence-electron chi connectivity index (χ2n) is 7.90. The summed E-state index contributed by atoms with van der Waals surface area (Å²) in [5.41, 5.74) is 1.68. The minimum atomic E-state index is 0.101. The van der Waals surface area contributed by atoms with Crippen molar-refractivity contribution in [3.05, 3.63) is 22.8 Å². The number of hydrogen-bond donors (Lipinski definition) is 1. The van der Waals surface area contributed by atoms with Crippen LogP contribution in [0.4, 0.5) is 5.82 Å². The summed E-state index contributed by atoms with van der Waals surface area (Å²) in [6, 6.07) is 2.04. The summed E-state index contributed by atoms with van der Waals surface area (Å²) in [5.74, 6) is 0.937. The third-order valence-corrected chi connectivity index (χ3v) is 4.40. The van der Waals surface area contributed by atoms with E-state index in [0.717, 1.165) is 36.0 Å². The van der Waals surface area contributed by atoms with Crippen molar-refractivity contribution >= 4 is 17.4 Å². The van der Waals surface area contributed by atoms with Crippen LogP contribution in [0, 0.1) is 5.41 Å². The fourth-order valence-electron chi connectivity index (χ4n) is 2.49. The minimum absolute atomic E-state index is 0.101. The fraction of sp³-hybridized carbons (Fsp3) is 0.706. The van der Waals surface area contributed by atoms with Gasteiger partial charge in [0.05, 0.1) is 5.02 Å². The highest BCUT2D eigenvalue weighted by Crippen LogP contribution is 2.34. The molecule has 1 aromatic rings. The summed E-state index contributed by atoms with van der Waals surface area (Å²) in [6.07, 6.45) is 4.33. The monoisotopic (exact) mass is 309 g/mol. The van der Waals surface area contributed by atoms with Crippen molar-refractivity contribution < 1.29 is 0 Å². The zero-order valence-corrected chi connectivity index (χ0v) is 14.7. The summed E-state index contributed by atoms with van der Waals surface area (Å²) in [7, 11) is 0. The number of piperidine rings is 1. The summed E-state index contributed by atoms with van der Waals surface area (Å²) < 4.78 is 0. The highest BCUT2D eigenvalue weighted by atomic mass is 35.5. The molecule has 3 nitrogen and oxygen atoms in total. The molecule has 1 aromatic heterocycles. The molecule has 21 heavy (non-hydrogen) atoms. The minimum Gasteiger partial charge on any atom is -0.355 e. The number of pyridine rings is 1. The van der Waals surface area contributed by atoms with Crippen LogP contribution in [-0.2, 0) is 6.54 Å². The Morgan fingerprint density at radius 2 is 1.90 bits per heavy atom. The first-order chi connectivity index (χ1) is 9.66. The molecule has 1 aliphatic heterocycles. The van der Waals surface area contributed by atoms with E-state index in [0.29, 0.717) is 5.41 Å². The largest absolute Gasteiger partial charge is 0.355 e. The standard InChI is InChI=1S/C17H28ClN3/c1-16(2,3)20-12-13-10-14(18)15(19-11-13)21-8-6-17(4,5)7-9-21/h10-11,20H,6-9,12H2,1-5H3. The molecule has 2 heterocycles. The lowest BCUT2D eigenvalue weighted by molar-refractivity contribution is 0.279. The van der Waals surface area contributed by atoms with Gasteiger partial charge in [-0.15, -0.1) is 0 Å². The Morgan fingerprint density at radius 3 is 2.43 bits per heavy atom. The van der Waals surface area contributed by atoms with Crippen LogP contribution in [0.25, 0.3) is 0 Å². The van der Waals surface area contributed by atoms with Gasteiger partial charge in [-0.2, -0.15) is 0 Å². The van der Waals surface area contributed by atoms with Gasteiger partial charge in [-0.3, -0.25) is 0 Å². The molecule has 0 amide bonds. The molecular formula is C17H28ClN3. The lowest BCUT2D eigenvalue weighted by Gasteiger charge is -2.37. The zero-order chi connectivity index (χ0) is 15.7. The van der Waals surface area contributed by atoms with E-state index in [1.165, 1.54) is 12.8 Å². The Hall–Kier alpha value is -0.800. The van der Waals surface area contributed by atoms with E-state index in [2.05, 4.69) is 49.8 Å². The van der Waals surface area contributed by atoms with Gasteiger partial charge in [-0.1, -0.05) is 25.4 Å². The Kier molecular flexibility index (Phi) is 4.84. The predicted molar refractivity (Wildman–Crippen MR) is 91.1 cm³/mol. The number of hydrogen-bond acceptors (Lipinski definition) is 3. The molecule has 0 saturated carbocycles. The van der Waals surface area contributed by atoms with Crippen molar-refractivity contribution in [2.24, 2.45) is 5.41 Å². The van der Waals surface area contributed by atoms with E-state index >= 15 is 0 Å². The van der Waals surface area contributed by atoms with Crippen LogP contribution in [0.2, 0.25) is 5.02 Å². The molecule has 0 aromatic carbocycles. The van der Waals surface area contributed by atoms with E-state index in [-0.39, 0.29) is 5.54 Å². The normalized spacial score (nSPS) is 18.9. The van der Waals surface area contributed by atoms with Crippen LogP contribution in [0.3, 0.4) is 0 Å². The third-order valence-electron chi connectivity index (χ3n) is 4.12. The molecule has 0 bridgehead atoms. The van der Waals surface area contributed by atoms with Crippen LogP contribution in [0.15, 0.2) is 12.3 Å². The van der Waals surface area contributed by atoms with Crippen molar-refractivity contribution in [2.75, 3.05) is 18.0 Å². The Morgan fingerprint density at radius 1 is 1.29 bits per heavy atom. The van der Waals surface area contributed by atoms with E-state index in [9.17, 15) is 0 Å². The fourth-order valence-corrected chi connectivity index (χ4v) is 2.80. The molecule has 1 N–H and O–H groups in total. The molecule has 0 spiro atoms. The van der Waals surface area contributed by atoms with Gasteiger partial charge in [0.1, 0.15) is 5.82 Å². The average molecular weight is 310 g/mol. The molecule has 1 saturated heterocycles. The molecule has 0 atom stereocenters. The van der Waals surface area contributed by atoms with Gasteiger partial charge in [0.2, 0.25) is 0 Å². The maximum Gasteiger partial charge on any atom is 0.147 e. The molecule has 1 fully saturated rings. The molecule has 118 valence electrons. The molecule has 4 heteroatoms. The van der Waals surface area contributed by atoms with Crippen molar-refractivity contribution in [1.82, 2.24) is 10.3 Å². The SMILES string of the molecule is CC1(C)CCN(c2ncc(CNC(C)(C)C)cc2Cl)CC1. The number of rotatable bonds is 3.